The lowest BCUT2D eigenvalue weighted by atomic mass is 10.0. The summed E-state index contributed by atoms with van der Waals surface area (Å²) in [5, 5.41) is 25.0. The third kappa shape index (κ3) is 9.84. The lowest BCUT2D eigenvalue weighted by Gasteiger charge is -2.32. The highest BCUT2D eigenvalue weighted by Crippen LogP contribution is 2.30. The normalized spacial score (nSPS) is 12.5. The number of pyridine rings is 1. The van der Waals surface area contributed by atoms with Crippen LogP contribution in [0.2, 0.25) is 0 Å². The Morgan fingerprint density at radius 3 is 2.36 bits per heavy atom. The lowest BCUT2D eigenvalue weighted by Crippen LogP contribution is -2.44. The SMILES string of the molecule is COCCNC(=O)c1ccc2c(Oc3ccc(CC(CO)N(Cc4ccccc4)CC(O)COc4ccccc4)cc3)ccnc2c1. The number of carbonyl (C=O) groups excluding carboxylic acids is 1. The van der Waals surface area contributed by atoms with Crippen molar-refractivity contribution in [3.8, 4) is 17.2 Å². The lowest BCUT2D eigenvalue weighted by molar-refractivity contribution is 0.0335. The number of benzene rings is 4. The van der Waals surface area contributed by atoms with Gasteiger partial charge in [0.25, 0.3) is 5.91 Å². The summed E-state index contributed by atoms with van der Waals surface area (Å²) in [6.45, 7) is 1.84. The topological polar surface area (TPSA) is 113 Å². The summed E-state index contributed by atoms with van der Waals surface area (Å²) in [4.78, 5) is 19.0. The van der Waals surface area contributed by atoms with Crippen molar-refractivity contribution in [2.24, 2.45) is 0 Å². The van der Waals surface area contributed by atoms with Gasteiger partial charge >= 0.3 is 0 Å². The summed E-state index contributed by atoms with van der Waals surface area (Å²) < 4.78 is 17.0. The average molecular weight is 636 g/mol. The molecular formula is C38H41N3O6. The van der Waals surface area contributed by atoms with E-state index in [1.54, 1.807) is 31.5 Å². The number of methoxy groups -OCH3 is 1. The number of nitrogens with zero attached hydrogens (tertiary/aromatic N) is 2. The quantitative estimate of drug-likeness (QED) is 0.119. The zero-order valence-electron chi connectivity index (χ0n) is 26.5. The van der Waals surface area contributed by atoms with E-state index in [-0.39, 0.29) is 25.2 Å². The molecule has 1 heterocycles. The smallest absolute Gasteiger partial charge is 0.251 e. The van der Waals surface area contributed by atoms with Crippen LogP contribution in [-0.2, 0) is 17.7 Å². The van der Waals surface area contributed by atoms with Crippen LogP contribution in [0.3, 0.4) is 0 Å². The first-order valence-electron chi connectivity index (χ1n) is 15.7. The summed E-state index contributed by atoms with van der Waals surface area (Å²) in [6, 6.07) is 34.1. The van der Waals surface area contributed by atoms with E-state index in [1.807, 2.05) is 91.0 Å². The van der Waals surface area contributed by atoms with E-state index in [0.29, 0.717) is 61.0 Å². The van der Waals surface area contributed by atoms with Crippen LogP contribution in [0, 0.1) is 0 Å². The molecule has 5 aromatic rings. The van der Waals surface area contributed by atoms with Gasteiger partial charge in [-0.1, -0.05) is 60.7 Å². The van der Waals surface area contributed by atoms with Crippen LogP contribution in [0.5, 0.6) is 17.2 Å². The average Bonchev–Trinajstić information content (AvgIpc) is 3.11. The van der Waals surface area contributed by atoms with E-state index in [0.717, 1.165) is 16.5 Å². The Kier molecular flexibility index (Phi) is 12.3. The van der Waals surface area contributed by atoms with Crippen molar-refractivity contribution in [1.82, 2.24) is 15.2 Å². The molecule has 0 spiro atoms. The molecule has 0 bridgehead atoms. The van der Waals surface area contributed by atoms with E-state index in [9.17, 15) is 15.0 Å². The zero-order valence-corrected chi connectivity index (χ0v) is 26.5. The summed E-state index contributed by atoms with van der Waals surface area (Å²) >= 11 is 0. The van der Waals surface area contributed by atoms with Gasteiger partial charge in [0.05, 0.1) is 18.7 Å². The highest BCUT2D eigenvalue weighted by molar-refractivity contribution is 5.98. The molecule has 0 saturated carbocycles. The monoisotopic (exact) mass is 635 g/mol. The molecule has 244 valence electrons. The summed E-state index contributed by atoms with van der Waals surface area (Å²) in [5.41, 5.74) is 3.28. The van der Waals surface area contributed by atoms with Gasteiger partial charge in [0, 0.05) is 49.9 Å². The number of fused-ring (bicyclic) bond motifs is 1. The maximum atomic E-state index is 12.5. The molecule has 0 aliphatic rings. The number of amides is 1. The predicted octanol–water partition coefficient (Wildman–Crippen LogP) is 5.25. The number of hydrogen-bond donors (Lipinski definition) is 3. The minimum Gasteiger partial charge on any atom is -0.491 e. The van der Waals surface area contributed by atoms with E-state index < -0.39 is 6.10 Å². The highest BCUT2D eigenvalue weighted by Gasteiger charge is 2.22. The van der Waals surface area contributed by atoms with Crippen molar-refractivity contribution in [1.29, 1.82) is 0 Å². The number of nitrogens with one attached hydrogen (secondary N) is 1. The first-order chi connectivity index (χ1) is 23.0. The summed E-state index contributed by atoms with van der Waals surface area (Å²) in [7, 11) is 1.59. The Balaban J connectivity index is 1.25. The molecule has 5 rings (SSSR count). The van der Waals surface area contributed by atoms with Crippen LogP contribution in [0.4, 0.5) is 0 Å². The molecular weight excluding hydrogens is 594 g/mol. The molecule has 1 aromatic heterocycles. The molecule has 0 radical (unpaired) electrons. The number of ether oxygens (including phenoxy) is 3. The summed E-state index contributed by atoms with van der Waals surface area (Å²) in [5.74, 6) is 1.79. The van der Waals surface area contributed by atoms with Crippen molar-refractivity contribution in [3.05, 3.63) is 132 Å². The van der Waals surface area contributed by atoms with Gasteiger partial charge in [-0.3, -0.25) is 14.7 Å². The van der Waals surface area contributed by atoms with Crippen LogP contribution in [0.25, 0.3) is 10.9 Å². The van der Waals surface area contributed by atoms with Crippen molar-refractivity contribution in [2.45, 2.75) is 25.1 Å². The summed E-state index contributed by atoms with van der Waals surface area (Å²) in [6.07, 6.45) is 1.48. The van der Waals surface area contributed by atoms with E-state index in [4.69, 9.17) is 14.2 Å². The van der Waals surface area contributed by atoms with E-state index >= 15 is 0 Å². The Labute approximate surface area is 275 Å². The number of hydrogen-bond acceptors (Lipinski definition) is 8. The molecule has 9 heteroatoms. The highest BCUT2D eigenvalue weighted by atomic mass is 16.5. The van der Waals surface area contributed by atoms with Gasteiger partial charge in [-0.05, 0) is 66.1 Å². The van der Waals surface area contributed by atoms with Crippen molar-refractivity contribution in [3.63, 3.8) is 0 Å². The molecule has 4 aromatic carbocycles. The van der Waals surface area contributed by atoms with Gasteiger partial charge in [-0.15, -0.1) is 0 Å². The fourth-order valence-corrected chi connectivity index (χ4v) is 5.32. The molecule has 9 nitrogen and oxygen atoms in total. The number of aliphatic hydroxyl groups is 2. The minimum absolute atomic E-state index is 0.0766. The molecule has 1 amide bonds. The van der Waals surface area contributed by atoms with Crippen molar-refractivity contribution >= 4 is 16.8 Å². The van der Waals surface area contributed by atoms with Gasteiger partial charge < -0.3 is 29.7 Å². The maximum absolute atomic E-state index is 12.5. The van der Waals surface area contributed by atoms with Crippen LogP contribution in [-0.4, -0.2) is 78.2 Å². The second kappa shape index (κ2) is 17.2. The molecule has 47 heavy (non-hydrogen) atoms. The largest absolute Gasteiger partial charge is 0.491 e. The zero-order chi connectivity index (χ0) is 32.8. The second-order valence-corrected chi connectivity index (χ2v) is 11.3. The van der Waals surface area contributed by atoms with Gasteiger partial charge in [0.15, 0.2) is 0 Å². The molecule has 0 aliphatic carbocycles. The fraction of sp³-hybridized carbons (Fsp3) is 0.263. The minimum atomic E-state index is -0.750. The number of carbonyl (C=O) groups is 1. The van der Waals surface area contributed by atoms with Gasteiger partial charge in [-0.25, -0.2) is 0 Å². The molecule has 0 aliphatic heterocycles. The fourth-order valence-electron chi connectivity index (χ4n) is 5.32. The van der Waals surface area contributed by atoms with E-state index in [1.165, 1.54) is 0 Å². The standard InChI is InChI=1S/C38H41N3O6/c1-45-21-20-40-38(44)30-14-17-35-36(23-30)39-19-18-37(35)47-34-15-12-28(13-16-34)22-31(26-42)41(24-29-8-4-2-5-9-29)25-32(43)27-46-33-10-6-3-7-11-33/h2-19,23,31-32,42-43H,20-22,24-27H2,1H3,(H,40,44). The second-order valence-electron chi connectivity index (χ2n) is 11.3. The molecule has 0 saturated heterocycles. The van der Waals surface area contributed by atoms with Gasteiger partial charge in [-0.2, -0.15) is 0 Å². The molecule has 2 unspecified atom stereocenters. The number of aromatic nitrogens is 1. The number of para-hydroxylation sites is 1. The Morgan fingerprint density at radius 1 is 0.894 bits per heavy atom. The van der Waals surface area contributed by atoms with Crippen LogP contribution in [0.15, 0.2) is 115 Å². The molecule has 0 fully saturated rings. The maximum Gasteiger partial charge on any atom is 0.251 e. The van der Waals surface area contributed by atoms with Crippen LogP contribution in [0.1, 0.15) is 21.5 Å². The Bertz CT molecular complexity index is 1690. The third-order valence-corrected chi connectivity index (χ3v) is 7.77. The molecule has 3 N–H and O–H groups in total. The third-order valence-electron chi connectivity index (χ3n) is 7.77. The first kappa shape index (κ1) is 33.6. The number of rotatable bonds is 17. The van der Waals surface area contributed by atoms with Crippen LogP contribution < -0.4 is 14.8 Å². The van der Waals surface area contributed by atoms with Crippen molar-refractivity contribution < 1.29 is 29.2 Å². The Hall–Kier alpha value is -4.80. The Morgan fingerprint density at radius 2 is 1.64 bits per heavy atom. The predicted molar refractivity (Wildman–Crippen MR) is 182 cm³/mol. The van der Waals surface area contributed by atoms with Gasteiger partial charge in [0.1, 0.15) is 30.0 Å². The first-order valence-corrected chi connectivity index (χ1v) is 15.7. The van der Waals surface area contributed by atoms with Crippen molar-refractivity contribution in [2.75, 3.05) is 40.0 Å². The number of aliphatic hydroxyl groups excluding tert-OH is 2. The van der Waals surface area contributed by atoms with E-state index in [2.05, 4.69) is 15.2 Å². The molecule has 2 atom stereocenters. The van der Waals surface area contributed by atoms with Gasteiger partial charge in [0.2, 0.25) is 0 Å². The van der Waals surface area contributed by atoms with Crippen LogP contribution >= 0.6 is 0 Å².